The van der Waals surface area contributed by atoms with Crippen LogP contribution < -0.4 is 15.7 Å². The van der Waals surface area contributed by atoms with Crippen molar-refractivity contribution < 1.29 is 14.8 Å². The van der Waals surface area contributed by atoms with Gasteiger partial charge in [0.2, 0.25) is 5.91 Å². The number of hydrogen-bond acceptors (Lipinski definition) is 5. The van der Waals surface area contributed by atoms with E-state index in [9.17, 15) is 9.59 Å². The van der Waals surface area contributed by atoms with Crippen molar-refractivity contribution in [2.45, 2.75) is 25.7 Å². The predicted octanol–water partition coefficient (Wildman–Crippen LogP) is 0.943. The zero-order chi connectivity index (χ0) is 15.7. The summed E-state index contributed by atoms with van der Waals surface area (Å²) in [5, 5.41) is 11.1. The Bertz CT molecular complexity index is 460. The van der Waals surface area contributed by atoms with E-state index >= 15 is 0 Å². The molecule has 1 aromatic heterocycles. The maximum Gasteiger partial charge on any atom is 0.252 e. The van der Waals surface area contributed by atoms with E-state index in [4.69, 9.17) is 5.21 Å². The quantitative estimate of drug-likeness (QED) is 0.377. The second kappa shape index (κ2) is 8.91. The van der Waals surface area contributed by atoms with Crippen LogP contribution in [0.15, 0.2) is 18.3 Å². The molecule has 21 heavy (non-hydrogen) atoms. The Hall–Kier alpha value is -2.15. The molecule has 0 saturated heterocycles. The second-order valence-corrected chi connectivity index (χ2v) is 4.90. The summed E-state index contributed by atoms with van der Waals surface area (Å²) in [5.74, 6) is 0.265. The van der Waals surface area contributed by atoms with E-state index in [0.717, 1.165) is 18.7 Å². The zero-order valence-corrected chi connectivity index (χ0v) is 12.4. The van der Waals surface area contributed by atoms with Crippen molar-refractivity contribution in [3.63, 3.8) is 0 Å². The number of nitrogens with one attached hydrogen (secondary N) is 2. The van der Waals surface area contributed by atoms with Crippen molar-refractivity contribution in [2.24, 2.45) is 0 Å². The molecule has 7 heteroatoms. The van der Waals surface area contributed by atoms with E-state index in [1.807, 2.05) is 19.0 Å². The van der Waals surface area contributed by atoms with Gasteiger partial charge >= 0.3 is 0 Å². The van der Waals surface area contributed by atoms with E-state index in [1.165, 1.54) is 0 Å². The molecule has 0 aromatic carbocycles. The first-order chi connectivity index (χ1) is 10.0. The third-order valence-corrected chi connectivity index (χ3v) is 2.96. The minimum Gasteiger partial charge on any atom is -0.363 e. The topological polar surface area (TPSA) is 94.6 Å². The lowest BCUT2D eigenvalue weighted by Gasteiger charge is -2.11. The van der Waals surface area contributed by atoms with Gasteiger partial charge < -0.3 is 10.2 Å². The molecule has 0 saturated carbocycles. The van der Waals surface area contributed by atoms with Gasteiger partial charge in [-0.3, -0.25) is 14.8 Å². The number of aromatic nitrogens is 1. The summed E-state index contributed by atoms with van der Waals surface area (Å²) in [6, 6.07) is 3.53. The molecule has 0 aliphatic carbocycles. The third kappa shape index (κ3) is 6.22. The molecular weight excluding hydrogens is 272 g/mol. The van der Waals surface area contributed by atoms with Crippen LogP contribution in [0.25, 0.3) is 0 Å². The van der Waals surface area contributed by atoms with Gasteiger partial charge in [-0.05, 0) is 25.0 Å². The summed E-state index contributed by atoms with van der Waals surface area (Å²) in [7, 11) is 3.78. The van der Waals surface area contributed by atoms with Crippen molar-refractivity contribution in [1.29, 1.82) is 0 Å². The van der Waals surface area contributed by atoms with Crippen LogP contribution in [0.5, 0.6) is 0 Å². The van der Waals surface area contributed by atoms with Crippen LogP contribution in [0.1, 0.15) is 36.0 Å². The largest absolute Gasteiger partial charge is 0.363 e. The number of hydroxylamine groups is 1. The summed E-state index contributed by atoms with van der Waals surface area (Å²) < 4.78 is 0. The third-order valence-electron chi connectivity index (χ3n) is 2.96. The molecule has 0 spiro atoms. The highest BCUT2D eigenvalue weighted by atomic mass is 16.5. The molecule has 1 aromatic rings. The highest BCUT2D eigenvalue weighted by Crippen LogP contribution is 2.07. The highest BCUT2D eigenvalue weighted by molar-refractivity contribution is 5.94. The van der Waals surface area contributed by atoms with Crippen LogP contribution in [0.4, 0.5) is 5.82 Å². The van der Waals surface area contributed by atoms with Gasteiger partial charge in [0.1, 0.15) is 5.82 Å². The molecule has 0 aliphatic rings. The van der Waals surface area contributed by atoms with Crippen molar-refractivity contribution in [3.05, 3.63) is 23.9 Å². The number of pyridine rings is 1. The summed E-state index contributed by atoms with van der Waals surface area (Å²) in [6.45, 7) is 0.551. The van der Waals surface area contributed by atoms with E-state index in [1.54, 1.807) is 23.8 Å². The van der Waals surface area contributed by atoms with Gasteiger partial charge in [-0.2, -0.15) is 0 Å². The Labute approximate surface area is 124 Å². The van der Waals surface area contributed by atoms with E-state index in [0.29, 0.717) is 24.9 Å². The van der Waals surface area contributed by atoms with Gasteiger partial charge in [-0.25, -0.2) is 10.5 Å². The standard InChI is InChI=1S/C14H22N4O3/c1-18(2)12-8-7-11(10-16-12)14(20)15-9-5-3-4-6-13(19)17-21/h7-8,10,21H,3-6,9H2,1-2H3,(H,15,20)(H,17,19). The van der Waals surface area contributed by atoms with Crippen LogP contribution in [-0.2, 0) is 4.79 Å². The summed E-state index contributed by atoms with van der Waals surface area (Å²) >= 11 is 0. The van der Waals surface area contributed by atoms with Crippen molar-refractivity contribution in [2.75, 3.05) is 25.5 Å². The zero-order valence-electron chi connectivity index (χ0n) is 12.4. The molecule has 0 bridgehead atoms. The van der Waals surface area contributed by atoms with Gasteiger partial charge in [0.05, 0.1) is 5.56 Å². The van der Waals surface area contributed by atoms with Gasteiger partial charge in [0.25, 0.3) is 5.91 Å². The minimum atomic E-state index is -0.383. The van der Waals surface area contributed by atoms with E-state index in [-0.39, 0.29) is 11.8 Å². The smallest absolute Gasteiger partial charge is 0.252 e. The molecule has 0 aliphatic heterocycles. The number of anilines is 1. The molecule has 7 nitrogen and oxygen atoms in total. The average Bonchev–Trinajstić information content (AvgIpc) is 2.50. The van der Waals surface area contributed by atoms with E-state index < -0.39 is 0 Å². The van der Waals surface area contributed by atoms with Gasteiger partial charge in [0, 0.05) is 33.3 Å². The van der Waals surface area contributed by atoms with Crippen molar-refractivity contribution in [1.82, 2.24) is 15.8 Å². The molecule has 0 radical (unpaired) electrons. The second-order valence-electron chi connectivity index (χ2n) is 4.90. The Kier molecular flexibility index (Phi) is 7.17. The number of amides is 2. The first kappa shape index (κ1) is 16.9. The summed E-state index contributed by atoms with van der Waals surface area (Å²) in [4.78, 5) is 28.7. The molecule has 0 unspecified atom stereocenters. The van der Waals surface area contributed by atoms with Crippen LogP contribution >= 0.6 is 0 Å². The molecular formula is C14H22N4O3. The maximum absolute atomic E-state index is 11.9. The van der Waals surface area contributed by atoms with Crippen molar-refractivity contribution >= 4 is 17.6 Å². The Morgan fingerprint density at radius 1 is 1.24 bits per heavy atom. The van der Waals surface area contributed by atoms with Crippen LogP contribution in [0.2, 0.25) is 0 Å². The number of carbonyl (C=O) groups is 2. The molecule has 3 N–H and O–H groups in total. The number of carbonyl (C=O) groups excluding carboxylic acids is 2. The van der Waals surface area contributed by atoms with Gasteiger partial charge in [0.15, 0.2) is 0 Å². The lowest BCUT2D eigenvalue weighted by atomic mass is 10.2. The summed E-state index contributed by atoms with van der Waals surface area (Å²) in [5.41, 5.74) is 2.12. The van der Waals surface area contributed by atoms with Crippen LogP contribution in [-0.4, -0.2) is 42.6 Å². The van der Waals surface area contributed by atoms with E-state index in [2.05, 4.69) is 10.3 Å². The van der Waals surface area contributed by atoms with Crippen molar-refractivity contribution in [3.8, 4) is 0 Å². The fraction of sp³-hybridized carbons (Fsp3) is 0.500. The average molecular weight is 294 g/mol. The number of unbranched alkanes of at least 4 members (excludes halogenated alkanes) is 2. The number of nitrogens with zero attached hydrogens (tertiary/aromatic N) is 2. The SMILES string of the molecule is CN(C)c1ccc(C(=O)NCCCCCC(=O)NO)cn1. The fourth-order valence-electron chi connectivity index (χ4n) is 1.73. The normalized spacial score (nSPS) is 10.0. The number of hydrogen-bond donors (Lipinski definition) is 3. The first-order valence-electron chi connectivity index (χ1n) is 6.89. The molecule has 2 amide bonds. The molecule has 116 valence electrons. The minimum absolute atomic E-state index is 0.152. The van der Waals surface area contributed by atoms with Crippen LogP contribution in [0, 0.1) is 0 Å². The monoisotopic (exact) mass is 294 g/mol. The maximum atomic E-state index is 11.9. The Balaban J connectivity index is 2.23. The van der Waals surface area contributed by atoms with Gasteiger partial charge in [-0.1, -0.05) is 6.42 Å². The lowest BCUT2D eigenvalue weighted by molar-refractivity contribution is -0.129. The fourth-order valence-corrected chi connectivity index (χ4v) is 1.73. The molecule has 1 rings (SSSR count). The molecule has 0 atom stereocenters. The predicted molar refractivity (Wildman–Crippen MR) is 79.3 cm³/mol. The van der Waals surface area contributed by atoms with Crippen LogP contribution in [0.3, 0.4) is 0 Å². The Morgan fingerprint density at radius 3 is 2.57 bits per heavy atom. The lowest BCUT2D eigenvalue weighted by Crippen LogP contribution is -2.25. The summed E-state index contributed by atoms with van der Waals surface area (Å²) in [6.07, 6.45) is 4.12. The molecule has 0 fully saturated rings. The first-order valence-corrected chi connectivity index (χ1v) is 6.89. The number of rotatable bonds is 8. The van der Waals surface area contributed by atoms with Gasteiger partial charge in [-0.15, -0.1) is 0 Å². The Morgan fingerprint density at radius 2 is 2.00 bits per heavy atom. The highest BCUT2D eigenvalue weighted by Gasteiger charge is 2.06. The molecule has 1 heterocycles.